The number of nitrogens with zero attached hydrogens (tertiary/aromatic N) is 3. The number of ether oxygens (including phenoxy) is 1. The minimum Gasteiger partial charge on any atom is -0.494 e. The van der Waals surface area contributed by atoms with Crippen molar-refractivity contribution < 1.29 is 14.6 Å². The predicted octanol–water partition coefficient (Wildman–Crippen LogP) is 3.80. The fourth-order valence-corrected chi connectivity index (χ4v) is 3.51. The minimum atomic E-state index is -0.353. The molecule has 0 radical (unpaired) electrons. The summed E-state index contributed by atoms with van der Waals surface area (Å²) in [6.07, 6.45) is 2.88. The third-order valence-electron chi connectivity index (χ3n) is 5.30. The van der Waals surface area contributed by atoms with E-state index in [1.165, 1.54) is 6.08 Å². The number of hydrogen-bond acceptors (Lipinski definition) is 8. The number of aryl methyl sites for hydroxylation is 1. The largest absolute Gasteiger partial charge is 0.494 e. The van der Waals surface area contributed by atoms with Gasteiger partial charge in [0.2, 0.25) is 11.9 Å². The highest BCUT2D eigenvalue weighted by Gasteiger charge is 2.16. The number of rotatable bonds is 10. The van der Waals surface area contributed by atoms with E-state index in [-0.39, 0.29) is 12.5 Å². The normalized spacial score (nSPS) is 10.4. The van der Waals surface area contributed by atoms with Crippen molar-refractivity contribution in [1.29, 1.82) is 0 Å². The van der Waals surface area contributed by atoms with Crippen LogP contribution in [-0.4, -0.2) is 55.3 Å². The summed E-state index contributed by atoms with van der Waals surface area (Å²) in [7, 11) is 5.26. The monoisotopic (exact) mass is 462 g/mol. The number of aromatic nitrogens is 2. The van der Waals surface area contributed by atoms with Gasteiger partial charge in [0.25, 0.3) is 0 Å². The van der Waals surface area contributed by atoms with Gasteiger partial charge in [0.1, 0.15) is 5.75 Å². The lowest BCUT2D eigenvalue weighted by Crippen LogP contribution is -2.23. The van der Waals surface area contributed by atoms with Crippen LogP contribution in [0.5, 0.6) is 5.75 Å². The number of methoxy groups -OCH3 is 1. The molecular formula is C25H30N6O3. The number of carbonyl (C=O) groups is 1. The molecule has 0 saturated heterocycles. The Bertz CT molecular complexity index is 1180. The number of aliphatic hydroxyl groups is 1. The maximum Gasteiger partial charge on any atom is 0.247 e. The Morgan fingerprint density at radius 1 is 1.21 bits per heavy atom. The summed E-state index contributed by atoms with van der Waals surface area (Å²) in [5.41, 5.74) is 5.68. The van der Waals surface area contributed by atoms with Crippen LogP contribution in [-0.2, 0) is 4.79 Å². The molecule has 0 aliphatic rings. The molecule has 3 aromatic rings. The highest BCUT2D eigenvalue weighted by atomic mass is 16.5. The summed E-state index contributed by atoms with van der Waals surface area (Å²) in [5.74, 6) is 0.552. The van der Waals surface area contributed by atoms with Crippen molar-refractivity contribution in [3.63, 3.8) is 0 Å². The second-order valence-electron chi connectivity index (χ2n) is 7.58. The summed E-state index contributed by atoms with van der Waals surface area (Å²) in [4.78, 5) is 22.9. The molecule has 1 aromatic heterocycles. The molecule has 0 unspecified atom stereocenters. The first kappa shape index (κ1) is 24.5. The van der Waals surface area contributed by atoms with Gasteiger partial charge in [0.15, 0.2) is 0 Å². The lowest BCUT2D eigenvalue weighted by Gasteiger charge is -2.24. The average molecular weight is 463 g/mol. The van der Waals surface area contributed by atoms with E-state index < -0.39 is 0 Å². The van der Waals surface area contributed by atoms with Gasteiger partial charge < -0.3 is 30.7 Å². The third kappa shape index (κ3) is 5.62. The van der Waals surface area contributed by atoms with Crippen molar-refractivity contribution in [2.24, 2.45) is 0 Å². The Hall–Kier alpha value is -4.11. The molecule has 2 aromatic carbocycles. The molecule has 0 atom stereocenters. The summed E-state index contributed by atoms with van der Waals surface area (Å²) in [6.45, 7) is 5.89. The van der Waals surface area contributed by atoms with Gasteiger partial charge in [-0.1, -0.05) is 12.6 Å². The third-order valence-corrected chi connectivity index (χ3v) is 5.30. The zero-order valence-electron chi connectivity index (χ0n) is 19.8. The smallest absolute Gasteiger partial charge is 0.247 e. The Morgan fingerprint density at radius 2 is 2.00 bits per heavy atom. The lowest BCUT2D eigenvalue weighted by atomic mass is 10.1. The lowest BCUT2D eigenvalue weighted by molar-refractivity contribution is -0.111. The first-order valence-corrected chi connectivity index (χ1v) is 10.8. The molecule has 9 nitrogen and oxygen atoms in total. The molecule has 1 amide bonds. The molecule has 0 aliphatic carbocycles. The molecular weight excluding hydrogens is 432 g/mol. The molecule has 0 fully saturated rings. The number of benzene rings is 2. The van der Waals surface area contributed by atoms with Gasteiger partial charge in [0, 0.05) is 44.2 Å². The van der Waals surface area contributed by atoms with Crippen molar-refractivity contribution in [3.8, 4) is 17.0 Å². The minimum absolute atomic E-state index is 0.0386. The van der Waals surface area contributed by atoms with Crippen LogP contribution in [0.25, 0.3) is 11.3 Å². The van der Waals surface area contributed by atoms with Gasteiger partial charge in [-0.05, 0) is 42.8 Å². The molecule has 0 bridgehead atoms. The number of anilines is 5. The zero-order valence-corrected chi connectivity index (χ0v) is 19.8. The number of aliphatic hydroxyl groups excluding tert-OH is 1. The van der Waals surface area contributed by atoms with E-state index in [2.05, 4.69) is 38.6 Å². The van der Waals surface area contributed by atoms with Crippen LogP contribution < -0.4 is 25.6 Å². The van der Waals surface area contributed by atoms with E-state index in [4.69, 9.17) is 4.74 Å². The van der Waals surface area contributed by atoms with Gasteiger partial charge in [-0.25, -0.2) is 9.97 Å². The Morgan fingerprint density at radius 3 is 2.65 bits per heavy atom. The van der Waals surface area contributed by atoms with E-state index in [0.717, 1.165) is 22.5 Å². The maximum atomic E-state index is 12.0. The Kier molecular flexibility index (Phi) is 8.05. The van der Waals surface area contributed by atoms with Gasteiger partial charge >= 0.3 is 0 Å². The van der Waals surface area contributed by atoms with Crippen LogP contribution >= 0.6 is 0 Å². The van der Waals surface area contributed by atoms with Gasteiger partial charge in [0.05, 0.1) is 36.5 Å². The highest BCUT2D eigenvalue weighted by molar-refractivity contribution is 6.02. The zero-order chi connectivity index (χ0) is 24.7. The maximum absolute atomic E-state index is 12.0. The first-order valence-electron chi connectivity index (χ1n) is 10.8. The molecule has 3 rings (SSSR count). The SMILES string of the molecule is C=CC(=O)Nc1cc(Nc2nccc(-c3ccc(NC)c(C)c3)n2)c(OC)cc1N(C)CCO. The van der Waals surface area contributed by atoms with Gasteiger partial charge in [-0.15, -0.1) is 0 Å². The van der Waals surface area contributed by atoms with Crippen molar-refractivity contribution >= 4 is 34.6 Å². The van der Waals surface area contributed by atoms with Crippen molar-refractivity contribution in [2.45, 2.75) is 6.92 Å². The van der Waals surface area contributed by atoms with Crippen LogP contribution in [0.2, 0.25) is 0 Å². The van der Waals surface area contributed by atoms with Crippen LogP contribution in [0.1, 0.15) is 5.56 Å². The molecule has 4 N–H and O–H groups in total. The number of amides is 1. The molecule has 34 heavy (non-hydrogen) atoms. The van der Waals surface area contributed by atoms with Crippen molar-refractivity contribution in [2.75, 3.05) is 55.2 Å². The Labute approximate surface area is 199 Å². The van der Waals surface area contributed by atoms with E-state index in [1.54, 1.807) is 25.4 Å². The van der Waals surface area contributed by atoms with Gasteiger partial charge in [-0.3, -0.25) is 4.79 Å². The number of likely N-dealkylation sites (N-methyl/N-ethyl adjacent to an activating group) is 1. The number of carbonyl (C=O) groups excluding carboxylic acids is 1. The molecule has 0 aliphatic heterocycles. The fraction of sp³-hybridized carbons (Fsp3) is 0.240. The van der Waals surface area contributed by atoms with E-state index >= 15 is 0 Å². The van der Waals surface area contributed by atoms with Crippen molar-refractivity contribution in [3.05, 3.63) is 60.8 Å². The Balaban J connectivity index is 1.99. The second kappa shape index (κ2) is 11.2. The predicted molar refractivity (Wildman–Crippen MR) is 137 cm³/mol. The van der Waals surface area contributed by atoms with Crippen molar-refractivity contribution in [1.82, 2.24) is 9.97 Å². The number of hydrogen-bond donors (Lipinski definition) is 4. The van der Waals surface area contributed by atoms with Crippen LogP contribution in [0.3, 0.4) is 0 Å². The molecule has 178 valence electrons. The summed E-state index contributed by atoms with van der Waals surface area (Å²) >= 11 is 0. The summed E-state index contributed by atoms with van der Waals surface area (Å²) in [5, 5.41) is 18.5. The second-order valence-corrected chi connectivity index (χ2v) is 7.58. The van der Waals surface area contributed by atoms with Crippen LogP contribution in [0.15, 0.2) is 55.3 Å². The molecule has 9 heteroatoms. The molecule has 0 spiro atoms. The highest BCUT2D eigenvalue weighted by Crippen LogP contribution is 2.38. The topological polar surface area (TPSA) is 112 Å². The van der Waals surface area contributed by atoms with E-state index in [9.17, 15) is 9.90 Å². The summed E-state index contributed by atoms with van der Waals surface area (Å²) in [6, 6.07) is 11.4. The van der Waals surface area contributed by atoms with Crippen LogP contribution in [0.4, 0.5) is 28.7 Å². The van der Waals surface area contributed by atoms with Gasteiger partial charge in [-0.2, -0.15) is 0 Å². The standard InChI is InChI=1S/C25H30N6O3/c1-6-24(33)28-20-14-21(23(34-5)15-22(20)31(4)11-12-32)30-25-27-10-9-19(29-25)17-7-8-18(26-3)16(2)13-17/h6-10,13-15,26,32H,1,11-12H2,2-5H3,(H,28,33)(H,27,29,30). The van der Waals surface area contributed by atoms with E-state index in [1.807, 2.05) is 44.1 Å². The fourth-order valence-electron chi connectivity index (χ4n) is 3.51. The summed E-state index contributed by atoms with van der Waals surface area (Å²) < 4.78 is 5.58. The van der Waals surface area contributed by atoms with Crippen LogP contribution in [0, 0.1) is 6.92 Å². The quantitative estimate of drug-likeness (QED) is 0.337. The van der Waals surface area contributed by atoms with E-state index in [0.29, 0.717) is 35.3 Å². The average Bonchev–Trinajstić information content (AvgIpc) is 2.84. The molecule has 1 heterocycles. The first-order chi connectivity index (χ1) is 16.4. The molecule has 0 saturated carbocycles. The number of nitrogens with one attached hydrogen (secondary N) is 3.